The van der Waals surface area contributed by atoms with Gasteiger partial charge in [0, 0.05) is 49.2 Å². The SMILES string of the molecule is CCC(C)[C@@H]1C[C@H]2[C@@H]3N(C)c4ccccc4[C@]34C[C@@H]([C@H]1[C@H]4O)N2CCN1CCCCC1. The number of hydrogen-bond acceptors (Lipinski definition) is 4. The summed E-state index contributed by atoms with van der Waals surface area (Å²) >= 11 is 0. The molecule has 1 aromatic rings. The third-order valence-corrected chi connectivity index (χ3v) is 10.3. The van der Waals surface area contributed by atoms with E-state index < -0.39 is 0 Å². The summed E-state index contributed by atoms with van der Waals surface area (Å²) in [6.07, 6.45) is 7.57. The maximum atomic E-state index is 12.1. The lowest BCUT2D eigenvalue weighted by molar-refractivity contribution is -0.0383. The molecule has 4 aliphatic heterocycles. The molecule has 6 rings (SSSR count). The van der Waals surface area contributed by atoms with Gasteiger partial charge in [0.05, 0.1) is 12.1 Å². The number of para-hydroxylation sites is 1. The molecule has 5 aliphatic rings. The first kappa shape index (κ1) is 20.5. The van der Waals surface area contributed by atoms with Crippen molar-refractivity contribution in [3.05, 3.63) is 29.8 Å². The van der Waals surface area contributed by atoms with E-state index in [0.29, 0.717) is 35.9 Å². The third-order valence-electron chi connectivity index (χ3n) is 10.3. The van der Waals surface area contributed by atoms with Crippen molar-refractivity contribution < 1.29 is 5.11 Å². The van der Waals surface area contributed by atoms with Crippen molar-refractivity contribution in [2.24, 2.45) is 17.8 Å². The van der Waals surface area contributed by atoms with Crippen molar-refractivity contribution in [2.75, 3.05) is 38.1 Å². The molecular formula is C27H41N3O. The van der Waals surface area contributed by atoms with Gasteiger partial charge in [-0.2, -0.15) is 0 Å². The van der Waals surface area contributed by atoms with E-state index in [1.807, 2.05) is 0 Å². The number of hydrogen-bond donors (Lipinski definition) is 1. The van der Waals surface area contributed by atoms with Gasteiger partial charge < -0.3 is 14.9 Å². The van der Waals surface area contributed by atoms with Gasteiger partial charge in [0.15, 0.2) is 0 Å². The van der Waals surface area contributed by atoms with Crippen molar-refractivity contribution >= 4 is 5.69 Å². The average molecular weight is 424 g/mol. The zero-order valence-electron chi connectivity index (χ0n) is 19.7. The maximum Gasteiger partial charge on any atom is 0.0704 e. The monoisotopic (exact) mass is 423 g/mol. The molecule has 1 aliphatic carbocycles. The normalized spacial score (nSPS) is 42.6. The lowest BCUT2D eigenvalue weighted by Crippen LogP contribution is -2.66. The van der Waals surface area contributed by atoms with E-state index in [-0.39, 0.29) is 11.5 Å². The molecule has 31 heavy (non-hydrogen) atoms. The highest BCUT2D eigenvalue weighted by Gasteiger charge is 2.72. The second-order valence-corrected chi connectivity index (χ2v) is 11.4. The van der Waals surface area contributed by atoms with Crippen LogP contribution < -0.4 is 4.90 Å². The Bertz CT molecular complexity index is 822. The number of benzene rings is 1. The molecule has 4 heteroatoms. The molecule has 3 saturated heterocycles. The number of piperidine rings is 3. The third kappa shape index (κ3) is 2.71. The molecule has 8 atom stereocenters. The van der Waals surface area contributed by atoms with Crippen LogP contribution in [0, 0.1) is 17.8 Å². The molecule has 4 heterocycles. The van der Waals surface area contributed by atoms with Crippen LogP contribution in [-0.4, -0.2) is 72.4 Å². The topological polar surface area (TPSA) is 30.0 Å². The Morgan fingerprint density at radius 3 is 2.65 bits per heavy atom. The molecule has 4 fully saturated rings. The number of likely N-dealkylation sites (tertiary alicyclic amines) is 1. The van der Waals surface area contributed by atoms with Crippen LogP contribution in [0.3, 0.4) is 0 Å². The van der Waals surface area contributed by atoms with Gasteiger partial charge in [-0.15, -0.1) is 0 Å². The Hall–Kier alpha value is -1.10. The van der Waals surface area contributed by atoms with Crippen LogP contribution in [0.5, 0.6) is 0 Å². The second-order valence-electron chi connectivity index (χ2n) is 11.4. The Morgan fingerprint density at radius 2 is 1.87 bits per heavy atom. The summed E-state index contributed by atoms with van der Waals surface area (Å²) in [6, 6.07) is 10.5. The minimum atomic E-state index is -0.211. The lowest BCUT2D eigenvalue weighted by atomic mass is 9.67. The Labute approximate surface area is 188 Å². The van der Waals surface area contributed by atoms with Crippen molar-refractivity contribution in [2.45, 2.75) is 82.0 Å². The zero-order valence-corrected chi connectivity index (χ0v) is 19.7. The predicted octanol–water partition coefficient (Wildman–Crippen LogP) is 3.73. The molecule has 170 valence electrons. The van der Waals surface area contributed by atoms with Gasteiger partial charge in [-0.05, 0) is 62.2 Å². The van der Waals surface area contributed by atoms with E-state index in [9.17, 15) is 5.11 Å². The van der Waals surface area contributed by atoms with Gasteiger partial charge >= 0.3 is 0 Å². The summed E-state index contributed by atoms with van der Waals surface area (Å²) in [6.45, 7) is 9.74. The van der Waals surface area contributed by atoms with E-state index in [0.717, 1.165) is 6.42 Å². The maximum absolute atomic E-state index is 12.1. The fraction of sp³-hybridized carbons (Fsp3) is 0.778. The van der Waals surface area contributed by atoms with Gasteiger partial charge in [0.25, 0.3) is 0 Å². The molecule has 1 unspecified atom stereocenters. The Morgan fingerprint density at radius 1 is 1.10 bits per heavy atom. The van der Waals surface area contributed by atoms with Crippen LogP contribution in [0.25, 0.3) is 0 Å². The van der Waals surface area contributed by atoms with E-state index >= 15 is 0 Å². The minimum Gasteiger partial charge on any atom is -0.392 e. The molecule has 0 radical (unpaired) electrons. The van der Waals surface area contributed by atoms with E-state index in [2.05, 4.69) is 59.9 Å². The van der Waals surface area contributed by atoms with Gasteiger partial charge in [-0.1, -0.05) is 44.9 Å². The summed E-state index contributed by atoms with van der Waals surface area (Å²) in [5.41, 5.74) is 2.75. The standard InChI is InChI=1S/C27H41N3O/c1-4-18(2)19-16-22-25-27(20-10-6-7-11-21(20)28(25)3)17-23(24(19)26(27)31)30(22)15-14-29-12-8-5-9-13-29/h6-7,10-11,18-19,22-26,31H,4-5,8-9,12-17H2,1-3H3/t18?,19-,22-,23-,24-,25-,26+,27+/m0/s1. The number of likely N-dealkylation sites (N-methyl/N-ethyl adjacent to an activating group) is 1. The van der Waals surface area contributed by atoms with Crippen LogP contribution in [-0.2, 0) is 5.41 Å². The molecule has 1 saturated carbocycles. The lowest BCUT2D eigenvalue weighted by Gasteiger charge is -2.55. The van der Waals surface area contributed by atoms with Crippen molar-refractivity contribution in [3.8, 4) is 0 Å². The Kier molecular flexibility index (Phi) is 4.94. The van der Waals surface area contributed by atoms with Gasteiger partial charge in [0.2, 0.25) is 0 Å². The largest absolute Gasteiger partial charge is 0.392 e. The van der Waals surface area contributed by atoms with Crippen LogP contribution in [0.15, 0.2) is 24.3 Å². The van der Waals surface area contributed by atoms with Crippen LogP contribution in [0.4, 0.5) is 5.69 Å². The zero-order chi connectivity index (χ0) is 21.3. The quantitative estimate of drug-likeness (QED) is 0.782. The van der Waals surface area contributed by atoms with Crippen LogP contribution >= 0.6 is 0 Å². The molecule has 3 bridgehead atoms. The number of fused-ring (bicyclic) bond motifs is 3. The van der Waals surface area contributed by atoms with Crippen LogP contribution in [0.1, 0.15) is 57.9 Å². The number of nitrogens with zero attached hydrogens (tertiary/aromatic N) is 3. The van der Waals surface area contributed by atoms with Crippen LogP contribution in [0.2, 0.25) is 0 Å². The van der Waals surface area contributed by atoms with Gasteiger partial charge in [-0.3, -0.25) is 4.90 Å². The molecule has 0 aromatic heterocycles. The van der Waals surface area contributed by atoms with Crippen molar-refractivity contribution in [1.29, 1.82) is 0 Å². The highest BCUT2D eigenvalue weighted by Crippen LogP contribution is 2.66. The Balaban J connectivity index is 1.38. The molecular weight excluding hydrogens is 382 g/mol. The van der Waals surface area contributed by atoms with E-state index in [4.69, 9.17) is 0 Å². The summed E-state index contributed by atoms with van der Waals surface area (Å²) in [5, 5.41) is 12.1. The van der Waals surface area contributed by atoms with Crippen molar-refractivity contribution in [3.63, 3.8) is 0 Å². The fourth-order valence-corrected chi connectivity index (χ4v) is 8.82. The number of rotatable bonds is 5. The molecule has 1 aromatic carbocycles. The summed E-state index contributed by atoms with van der Waals surface area (Å²) in [4.78, 5) is 8.15. The smallest absolute Gasteiger partial charge is 0.0704 e. The predicted molar refractivity (Wildman–Crippen MR) is 127 cm³/mol. The summed E-state index contributed by atoms with van der Waals surface area (Å²) in [7, 11) is 2.30. The van der Waals surface area contributed by atoms with E-state index in [1.54, 1.807) is 0 Å². The fourth-order valence-electron chi connectivity index (χ4n) is 8.82. The summed E-state index contributed by atoms with van der Waals surface area (Å²) < 4.78 is 0. The number of anilines is 1. The van der Waals surface area contributed by atoms with Gasteiger partial charge in [-0.25, -0.2) is 0 Å². The number of aliphatic hydroxyl groups is 1. The first-order chi connectivity index (χ1) is 15.1. The highest BCUT2D eigenvalue weighted by atomic mass is 16.3. The molecule has 4 nitrogen and oxygen atoms in total. The first-order valence-electron chi connectivity index (χ1n) is 13.1. The average Bonchev–Trinajstić information content (AvgIpc) is 3.18. The highest BCUT2D eigenvalue weighted by molar-refractivity contribution is 5.67. The molecule has 1 spiro atoms. The van der Waals surface area contributed by atoms with Crippen molar-refractivity contribution in [1.82, 2.24) is 9.80 Å². The van der Waals surface area contributed by atoms with Gasteiger partial charge in [0.1, 0.15) is 0 Å². The second kappa shape index (κ2) is 7.46. The summed E-state index contributed by atoms with van der Waals surface area (Å²) in [5.74, 6) is 1.78. The minimum absolute atomic E-state index is 0.0603. The van der Waals surface area contributed by atoms with E-state index in [1.165, 1.54) is 69.5 Å². The first-order valence-corrected chi connectivity index (χ1v) is 13.1. The molecule has 0 amide bonds. The molecule has 1 N–H and O–H groups in total. The number of aliphatic hydroxyl groups excluding tert-OH is 1.